The molecule has 1 aromatic rings. The average molecular weight is 320 g/mol. The first-order valence-corrected chi connectivity index (χ1v) is 7.45. The van der Waals surface area contributed by atoms with Gasteiger partial charge in [-0.2, -0.15) is 31.2 Å². The fourth-order valence-electron chi connectivity index (χ4n) is 2.45. The summed E-state index contributed by atoms with van der Waals surface area (Å²) in [6.45, 7) is 10.7. The molecule has 6 nitrogen and oxygen atoms in total. The minimum atomic E-state index is -1.47. The van der Waals surface area contributed by atoms with Crippen LogP contribution >= 0.6 is 0 Å². The molecule has 24 heavy (non-hydrogen) atoms. The van der Waals surface area contributed by atoms with Gasteiger partial charge in [0.2, 0.25) is 0 Å². The Hall–Kier alpha value is -2.96. The Morgan fingerprint density at radius 3 is 1.00 bits per heavy atom. The lowest BCUT2D eigenvalue weighted by Crippen LogP contribution is -2.40. The Kier molecular flexibility index (Phi) is 4.71. The van der Waals surface area contributed by atoms with Crippen molar-refractivity contribution in [3.8, 4) is 24.3 Å². The number of nitrogens with zero attached hydrogens (tertiary/aromatic N) is 6. The highest BCUT2D eigenvalue weighted by Crippen LogP contribution is 2.42. The Bertz CT molecular complexity index is 682. The summed E-state index contributed by atoms with van der Waals surface area (Å²) in [5, 5.41) is 46.4. The zero-order valence-corrected chi connectivity index (χ0v) is 14.8. The highest BCUT2D eigenvalue weighted by molar-refractivity contribution is 5.42. The summed E-state index contributed by atoms with van der Waals surface area (Å²) < 4.78 is 0. The van der Waals surface area contributed by atoms with Crippen molar-refractivity contribution >= 4 is 0 Å². The van der Waals surface area contributed by atoms with E-state index >= 15 is 0 Å². The molecule has 0 N–H and O–H groups in total. The summed E-state index contributed by atoms with van der Waals surface area (Å²) in [4.78, 5) is 0. The zero-order valence-electron chi connectivity index (χ0n) is 14.8. The van der Waals surface area contributed by atoms with Crippen LogP contribution in [0.25, 0.3) is 0 Å². The van der Waals surface area contributed by atoms with Gasteiger partial charge in [-0.05, 0) is 23.0 Å². The molecule has 1 rings (SSSR count). The van der Waals surface area contributed by atoms with Crippen LogP contribution in [0.3, 0.4) is 0 Å². The number of aromatic nitrogens is 2. The van der Waals surface area contributed by atoms with E-state index in [2.05, 4.69) is 10.2 Å². The Morgan fingerprint density at radius 2 is 0.875 bits per heavy atom. The van der Waals surface area contributed by atoms with Crippen molar-refractivity contribution in [2.24, 2.45) is 10.8 Å². The molecule has 0 aliphatic heterocycles. The van der Waals surface area contributed by atoms with Crippen LogP contribution in [-0.4, -0.2) is 10.2 Å². The lowest BCUT2D eigenvalue weighted by atomic mass is 9.65. The summed E-state index contributed by atoms with van der Waals surface area (Å²) >= 11 is 0. The third kappa shape index (κ3) is 2.58. The van der Waals surface area contributed by atoms with Crippen molar-refractivity contribution in [3.05, 3.63) is 23.5 Å². The molecule has 0 saturated heterocycles. The van der Waals surface area contributed by atoms with Crippen LogP contribution in [0.4, 0.5) is 0 Å². The Balaban J connectivity index is 3.59. The van der Waals surface area contributed by atoms with Gasteiger partial charge in [0, 0.05) is 0 Å². The van der Waals surface area contributed by atoms with Crippen LogP contribution in [0.5, 0.6) is 0 Å². The van der Waals surface area contributed by atoms with Gasteiger partial charge in [0.15, 0.2) is 10.8 Å². The highest BCUT2D eigenvalue weighted by Gasteiger charge is 2.49. The van der Waals surface area contributed by atoms with Gasteiger partial charge >= 0.3 is 0 Å². The van der Waals surface area contributed by atoms with Crippen molar-refractivity contribution < 1.29 is 0 Å². The van der Waals surface area contributed by atoms with Crippen molar-refractivity contribution in [1.82, 2.24) is 10.2 Å². The van der Waals surface area contributed by atoms with E-state index in [1.807, 2.05) is 24.3 Å². The maximum Gasteiger partial charge on any atom is 0.191 e. The second-order valence-corrected chi connectivity index (χ2v) is 7.75. The smallest absolute Gasteiger partial charge is 0.191 e. The van der Waals surface area contributed by atoms with Gasteiger partial charge in [-0.25, -0.2) is 0 Å². The first-order valence-electron chi connectivity index (χ1n) is 7.45. The SMILES string of the molecule is CC(C)(C)C(C#N)(C#N)c1ccc(C(C#N)(C#N)C(C)(C)C)nn1. The lowest BCUT2D eigenvalue weighted by Gasteiger charge is -2.34. The summed E-state index contributed by atoms with van der Waals surface area (Å²) in [5.41, 5.74) is -3.88. The molecule has 1 heterocycles. The molecular weight excluding hydrogens is 300 g/mol. The second kappa shape index (κ2) is 5.92. The number of nitriles is 4. The first kappa shape index (κ1) is 19.1. The third-order valence-electron chi connectivity index (χ3n) is 4.35. The minimum Gasteiger partial charge on any atom is -0.196 e. The van der Waals surface area contributed by atoms with Crippen LogP contribution < -0.4 is 0 Å². The monoisotopic (exact) mass is 320 g/mol. The van der Waals surface area contributed by atoms with Gasteiger partial charge in [-0.15, -0.1) is 0 Å². The molecule has 0 spiro atoms. The fourth-order valence-corrected chi connectivity index (χ4v) is 2.45. The summed E-state index contributed by atoms with van der Waals surface area (Å²) in [5.74, 6) is 0. The normalized spacial score (nSPS) is 12.4. The van der Waals surface area contributed by atoms with E-state index in [0.29, 0.717) is 0 Å². The molecule has 0 saturated carbocycles. The topological polar surface area (TPSA) is 121 Å². The van der Waals surface area contributed by atoms with E-state index in [1.165, 1.54) is 12.1 Å². The molecule has 0 unspecified atom stereocenters. The number of rotatable bonds is 2. The van der Waals surface area contributed by atoms with Crippen LogP contribution in [-0.2, 0) is 10.8 Å². The molecule has 0 bridgehead atoms. The fraction of sp³-hybridized carbons (Fsp3) is 0.556. The van der Waals surface area contributed by atoms with Gasteiger partial charge in [-0.1, -0.05) is 41.5 Å². The highest BCUT2D eigenvalue weighted by atomic mass is 15.1. The first-order chi connectivity index (χ1) is 11.0. The molecular formula is C18H20N6. The number of hydrogen-bond acceptors (Lipinski definition) is 6. The quantitative estimate of drug-likeness (QED) is 0.825. The largest absolute Gasteiger partial charge is 0.196 e. The second-order valence-electron chi connectivity index (χ2n) is 7.75. The van der Waals surface area contributed by atoms with E-state index in [4.69, 9.17) is 0 Å². The van der Waals surface area contributed by atoms with Gasteiger partial charge in [0.1, 0.15) is 0 Å². The van der Waals surface area contributed by atoms with Crippen LogP contribution in [0.1, 0.15) is 52.9 Å². The van der Waals surface area contributed by atoms with Gasteiger partial charge in [0.25, 0.3) is 0 Å². The van der Waals surface area contributed by atoms with Crippen LogP contribution in [0.2, 0.25) is 0 Å². The summed E-state index contributed by atoms with van der Waals surface area (Å²) in [7, 11) is 0. The lowest BCUT2D eigenvalue weighted by molar-refractivity contribution is 0.289. The van der Waals surface area contributed by atoms with Gasteiger partial charge in [-0.3, -0.25) is 0 Å². The molecule has 0 aliphatic rings. The van der Waals surface area contributed by atoms with Crippen molar-refractivity contribution in [2.75, 3.05) is 0 Å². The molecule has 0 fully saturated rings. The van der Waals surface area contributed by atoms with Crippen molar-refractivity contribution in [1.29, 1.82) is 21.0 Å². The predicted octanol–water partition coefficient (Wildman–Crippen LogP) is 3.14. The Labute approximate surface area is 143 Å². The van der Waals surface area contributed by atoms with E-state index < -0.39 is 21.7 Å². The maximum atomic E-state index is 9.57. The van der Waals surface area contributed by atoms with E-state index in [1.54, 1.807) is 41.5 Å². The molecule has 0 radical (unpaired) electrons. The molecule has 122 valence electrons. The minimum absolute atomic E-state index is 0.211. The number of hydrogen-bond donors (Lipinski definition) is 0. The third-order valence-corrected chi connectivity index (χ3v) is 4.35. The molecule has 0 atom stereocenters. The van der Waals surface area contributed by atoms with E-state index in [9.17, 15) is 21.0 Å². The molecule has 0 aromatic carbocycles. The van der Waals surface area contributed by atoms with Crippen LogP contribution in [0, 0.1) is 56.2 Å². The average Bonchev–Trinajstić information content (AvgIpc) is 2.49. The molecule has 1 aromatic heterocycles. The summed E-state index contributed by atoms with van der Waals surface area (Å²) in [6.07, 6.45) is 0. The van der Waals surface area contributed by atoms with E-state index in [-0.39, 0.29) is 11.4 Å². The molecule has 6 heteroatoms. The molecule has 0 aliphatic carbocycles. The van der Waals surface area contributed by atoms with E-state index in [0.717, 1.165) is 0 Å². The summed E-state index contributed by atoms with van der Waals surface area (Å²) in [6, 6.07) is 11.2. The molecule has 0 amide bonds. The van der Waals surface area contributed by atoms with Crippen LogP contribution in [0.15, 0.2) is 12.1 Å². The Morgan fingerprint density at radius 1 is 0.625 bits per heavy atom. The van der Waals surface area contributed by atoms with Gasteiger partial charge in [0.05, 0.1) is 35.7 Å². The van der Waals surface area contributed by atoms with Gasteiger partial charge < -0.3 is 0 Å². The maximum absolute atomic E-state index is 9.57. The van der Waals surface area contributed by atoms with Crippen molar-refractivity contribution in [2.45, 2.75) is 52.4 Å². The zero-order chi connectivity index (χ0) is 18.8. The van der Waals surface area contributed by atoms with Crippen molar-refractivity contribution in [3.63, 3.8) is 0 Å². The predicted molar refractivity (Wildman–Crippen MR) is 86.8 cm³/mol. The standard InChI is InChI=1S/C18H20N6/c1-15(2,3)17(9-19,10-20)13-7-8-14(24-23-13)18(11-21,12-22)16(4,5)6/h7-8H,1-6H3.